The maximum absolute atomic E-state index is 11.3. The molecule has 1 aliphatic heterocycles. The van der Waals surface area contributed by atoms with Gasteiger partial charge in [-0.2, -0.15) is 0 Å². The van der Waals surface area contributed by atoms with E-state index >= 15 is 0 Å². The van der Waals surface area contributed by atoms with Crippen molar-refractivity contribution < 1.29 is 14.6 Å². The lowest BCUT2D eigenvalue weighted by Crippen LogP contribution is -2.20. The van der Waals surface area contributed by atoms with Crippen molar-refractivity contribution in [2.45, 2.75) is 38.3 Å². The van der Waals surface area contributed by atoms with E-state index in [-0.39, 0.29) is 6.10 Å². The third-order valence-corrected chi connectivity index (χ3v) is 3.83. The van der Waals surface area contributed by atoms with Gasteiger partial charge in [0.15, 0.2) is 0 Å². The second-order valence-corrected chi connectivity index (χ2v) is 5.19. The molecule has 1 aromatic heterocycles. The van der Waals surface area contributed by atoms with Gasteiger partial charge in [0, 0.05) is 13.2 Å². The van der Waals surface area contributed by atoms with Crippen LogP contribution < -0.4 is 0 Å². The van der Waals surface area contributed by atoms with Crippen LogP contribution in [-0.4, -0.2) is 33.3 Å². The van der Waals surface area contributed by atoms with E-state index in [2.05, 4.69) is 4.98 Å². The van der Waals surface area contributed by atoms with Gasteiger partial charge in [-0.25, -0.2) is 9.78 Å². The van der Waals surface area contributed by atoms with Crippen LogP contribution in [0.5, 0.6) is 0 Å². The Labute approximate surface area is 117 Å². The van der Waals surface area contributed by atoms with Crippen LogP contribution in [0.15, 0.2) is 24.5 Å². The number of nitrogens with zero attached hydrogens (tertiary/aromatic N) is 2. The summed E-state index contributed by atoms with van der Waals surface area (Å²) in [6, 6.07) is 5.20. The summed E-state index contributed by atoms with van der Waals surface area (Å²) in [5.74, 6) is -0.911. The van der Waals surface area contributed by atoms with E-state index in [0.717, 1.165) is 37.9 Å². The van der Waals surface area contributed by atoms with Gasteiger partial charge < -0.3 is 14.4 Å². The highest BCUT2D eigenvalue weighted by Gasteiger charge is 2.16. The Morgan fingerprint density at radius 2 is 2.35 bits per heavy atom. The van der Waals surface area contributed by atoms with Crippen LogP contribution >= 0.6 is 0 Å². The molecule has 1 aliphatic rings. The highest BCUT2D eigenvalue weighted by molar-refractivity contribution is 6.01. The van der Waals surface area contributed by atoms with Crippen molar-refractivity contribution in [3.05, 3.63) is 30.1 Å². The summed E-state index contributed by atoms with van der Waals surface area (Å²) in [7, 11) is 0. The van der Waals surface area contributed by atoms with Gasteiger partial charge >= 0.3 is 5.97 Å². The lowest BCUT2D eigenvalue weighted by atomic mass is 10.1. The molecule has 0 saturated carbocycles. The molecular formula is C15H18N2O3. The minimum Gasteiger partial charge on any atom is -0.478 e. The van der Waals surface area contributed by atoms with Gasteiger partial charge in [-0.3, -0.25) is 0 Å². The van der Waals surface area contributed by atoms with Gasteiger partial charge in [-0.15, -0.1) is 0 Å². The third-order valence-electron chi connectivity index (χ3n) is 3.83. The van der Waals surface area contributed by atoms with Crippen molar-refractivity contribution >= 4 is 17.0 Å². The molecule has 3 rings (SSSR count). The molecule has 1 saturated heterocycles. The Morgan fingerprint density at radius 1 is 1.45 bits per heavy atom. The second kappa shape index (κ2) is 5.63. The monoisotopic (exact) mass is 274 g/mol. The van der Waals surface area contributed by atoms with Gasteiger partial charge in [0.2, 0.25) is 0 Å². The highest BCUT2D eigenvalue weighted by atomic mass is 16.5. The number of para-hydroxylation sites is 1. The fourth-order valence-electron chi connectivity index (χ4n) is 2.79. The van der Waals surface area contributed by atoms with Crippen molar-refractivity contribution in [2.24, 2.45) is 0 Å². The topological polar surface area (TPSA) is 64.3 Å². The first-order valence-electron chi connectivity index (χ1n) is 7.04. The summed E-state index contributed by atoms with van der Waals surface area (Å²) in [6.45, 7) is 1.58. The zero-order valence-corrected chi connectivity index (χ0v) is 11.3. The Kier molecular flexibility index (Phi) is 3.69. The van der Waals surface area contributed by atoms with E-state index in [4.69, 9.17) is 4.74 Å². The van der Waals surface area contributed by atoms with Crippen LogP contribution in [0.25, 0.3) is 11.0 Å². The molecule has 5 heteroatoms. The fourth-order valence-corrected chi connectivity index (χ4v) is 2.79. The number of aromatic carboxylic acids is 1. The molecular weight excluding hydrogens is 256 g/mol. The molecule has 1 fully saturated rings. The molecule has 106 valence electrons. The SMILES string of the molecule is O=C(O)c1cccc2ncn(CCC3CCCCO3)c12. The Balaban J connectivity index is 1.82. The number of ether oxygens (including phenoxy) is 1. The van der Waals surface area contributed by atoms with Crippen molar-refractivity contribution in [3.63, 3.8) is 0 Å². The molecule has 0 spiro atoms. The molecule has 1 atom stereocenters. The van der Waals surface area contributed by atoms with Crippen LogP contribution in [0.1, 0.15) is 36.0 Å². The minimum absolute atomic E-state index is 0.290. The number of carboxylic acid groups (broad SMARTS) is 1. The summed E-state index contributed by atoms with van der Waals surface area (Å²) in [4.78, 5) is 15.6. The number of aryl methyl sites for hydroxylation is 1. The van der Waals surface area contributed by atoms with Crippen molar-refractivity contribution in [1.82, 2.24) is 9.55 Å². The zero-order valence-electron chi connectivity index (χ0n) is 11.3. The molecule has 0 amide bonds. The molecule has 0 radical (unpaired) electrons. The van der Waals surface area contributed by atoms with Crippen LogP contribution in [-0.2, 0) is 11.3 Å². The minimum atomic E-state index is -0.911. The number of benzene rings is 1. The van der Waals surface area contributed by atoms with Gasteiger partial charge in [0.25, 0.3) is 0 Å². The number of fused-ring (bicyclic) bond motifs is 1. The van der Waals surface area contributed by atoms with Gasteiger partial charge in [0.05, 0.1) is 29.0 Å². The summed E-state index contributed by atoms with van der Waals surface area (Å²) in [5.41, 5.74) is 1.75. The molecule has 1 aromatic carbocycles. The Bertz CT molecular complexity index is 615. The molecule has 2 heterocycles. The highest BCUT2D eigenvalue weighted by Crippen LogP contribution is 2.21. The maximum Gasteiger partial charge on any atom is 0.337 e. The summed E-state index contributed by atoms with van der Waals surface area (Å²) in [5, 5.41) is 9.28. The molecule has 1 N–H and O–H groups in total. The van der Waals surface area contributed by atoms with E-state index in [1.165, 1.54) is 6.42 Å². The van der Waals surface area contributed by atoms with Crippen LogP contribution in [0.3, 0.4) is 0 Å². The van der Waals surface area contributed by atoms with Crippen LogP contribution in [0.2, 0.25) is 0 Å². The van der Waals surface area contributed by atoms with Gasteiger partial charge in [-0.05, 0) is 37.8 Å². The predicted molar refractivity (Wildman–Crippen MR) is 74.9 cm³/mol. The van der Waals surface area contributed by atoms with Crippen molar-refractivity contribution in [3.8, 4) is 0 Å². The van der Waals surface area contributed by atoms with E-state index in [9.17, 15) is 9.90 Å². The number of rotatable bonds is 4. The largest absolute Gasteiger partial charge is 0.478 e. The van der Waals surface area contributed by atoms with Gasteiger partial charge in [0.1, 0.15) is 0 Å². The molecule has 0 aliphatic carbocycles. The first kappa shape index (κ1) is 13.1. The number of aromatic nitrogens is 2. The smallest absolute Gasteiger partial charge is 0.337 e. The first-order chi connectivity index (χ1) is 9.75. The summed E-state index contributed by atoms with van der Waals surface area (Å²) < 4.78 is 7.64. The van der Waals surface area contributed by atoms with Crippen molar-refractivity contribution in [2.75, 3.05) is 6.61 Å². The van der Waals surface area contributed by atoms with Crippen molar-refractivity contribution in [1.29, 1.82) is 0 Å². The Morgan fingerprint density at radius 3 is 3.10 bits per heavy atom. The number of hydrogen-bond acceptors (Lipinski definition) is 3. The Hall–Kier alpha value is -1.88. The summed E-state index contributed by atoms with van der Waals surface area (Å²) in [6.07, 6.45) is 6.37. The predicted octanol–water partition coefficient (Wildman–Crippen LogP) is 2.69. The van der Waals surface area contributed by atoms with E-state index < -0.39 is 5.97 Å². The zero-order chi connectivity index (χ0) is 13.9. The molecule has 1 unspecified atom stereocenters. The summed E-state index contributed by atoms with van der Waals surface area (Å²) >= 11 is 0. The number of imidazole rings is 1. The molecule has 2 aromatic rings. The number of carboxylic acids is 1. The standard InChI is InChI=1S/C15H18N2O3/c18-15(19)12-5-3-6-13-14(12)17(10-16-13)8-7-11-4-1-2-9-20-11/h3,5-6,10-11H,1-2,4,7-9H2,(H,18,19). The van der Waals surface area contributed by atoms with Crippen LogP contribution in [0.4, 0.5) is 0 Å². The number of hydrogen-bond donors (Lipinski definition) is 1. The number of carbonyl (C=O) groups is 1. The molecule has 20 heavy (non-hydrogen) atoms. The van der Waals surface area contributed by atoms with E-state index in [0.29, 0.717) is 11.1 Å². The fraction of sp³-hybridized carbons (Fsp3) is 0.467. The molecule has 0 bridgehead atoms. The normalized spacial score (nSPS) is 19.3. The van der Waals surface area contributed by atoms with E-state index in [1.807, 2.05) is 10.6 Å². The van der Waals surface area contributed by atoms with Gasteiger partial charge in [-0.1, -0.05) is 6.07 Å². The average Bonchev–Trinajstić information content (AvgIpc) is 2.89. The quantitative estimate of drug-likeness (QED) is 0.931. The van der Waals surface area contributed by atoms with Crippen LogP contribution in [0, 0.1) is 0 Å². The second-order valence-electron chi connectivity index (χ2n) is 5.19. The lowest BCUT2D eigenvalue weighted by molar-refractivity contribution is 0.00897. The average molecular weight is 274 g/mol. The molecule has 5 nitrogen and oxygen atoms in total. The van der Waals surface area contributed by atoms with E-state index in [1.54, 1.807) is 18.5 Å². The first-order valence-corrected chi connectivity index (χ1v) is 7.04. The maximum atomic E-state index is 11.3. The lowest BCUT2D eigenvalue weighted by Gasteiger charge is -2.22. The third kappa shape index (κ3) is 2.54.